The molecule has 1 saturated heterocycles. The highest BCUT2D eigenvalue weighted by atomic mass is 127. The second-order valence-electron chi connectivity index (χ2n) is 5.56. The number of rotatable bonds is 5. The number of nitrogens with one attached hydrogen (secondary N) is 2. The maximum Gasteiger partial charge on any atom is 0.191 e. The Balaban J connectivity index is 0.00000264. The molecule has 2 heterocycles. The van der Waals surface area contributed by atoms with Crippen LogP contribution >= 0.6 is 24.0 Å². The zero-order valence-electron chi connectivity index (χ0n) is 13.6. The molecule has 0 aliphatic carbocycles. The molecule has 130 valence electrons. The quantitative estimate of drug-likeness (QED) is 0.400. The van der Waals surface area contributed by atoms with Crippen molar-refractivity contribution in [2.45, 2.75) is 32.7 Å². The lowest BCUT2D eigenvalue weighted by molar-refractivity contribution is 0.599. The first-order valence-electron chi connectivity index (χ1n) is 7.65. The monoisotopic (exact) mass is 452 g/mol. The number of sulfone groups is 1. The van der Waals surface area contributed by atoms with Crippen molar-refractivity contribution in [2.24, 2.45) is 4.99 Å². The zero-order chi connectivity index (χ0) is 16.0. The standard InChI is InChI=1S/C15H24N4O2S.HI/c1-3-17-15(19-14-6-9-22(20,21)11-14)18-8-5-13-4-7-16-10-12(13)2;/h4,7,10,14H,3,5-6,8-9,11H2,1-2H3,(H2,17,18,19);1H. The number of aromatic nitrogens is 1. The number of hydrogen-bond acceptors (Lipinski definition) is 4. The molecule has 1 fully saturated rings. The van der Waals surface area contributed by atoms with Gasteiger partial charge in [-0.2, -0.15) is 0 Å². The Bertz CT molecular complexity index is 634. The highest BCUT2D eigenvalue weighted by Gasteiger charge is 2.28. The summed E-state index contributed by atoms with van der Waals surface area (Å²) in [4.78, 5) is 8.62. The minimum atomic E-state index is -2.88. The Hall–Kier alpha value is -0.900. The second-order valence-corrected chi connectivity index (χ2v) is 7.79. The van der Waals surface area contributed by atoms with Crippen molar-refractivity contribution < 1.29 is 8.42 Å². The van der Waals surface area contributed by atoms with Gasteiger partial charge in [-0.3, -0.25) is 9.98 Å². The third-order valence-electron chi connectivity index (χ3n) is 3.71. The van der Waals surface area contributed by atoms with Crippen LogP contribution in [0.2, 0.25) is 0 Å². The van der Waals surface area contributed by atoms with Gasteiger partial charge >= 0.3 is 0 Å². The van der Waals surface area contributed by atoms with Gasteiger partial charge in [0, 0.05) is 31.5 Å². The molecule has 0 radical (unpaired) electrons. The van der Waals surface area contributed by atoms with E-state index < -0.39 is 9.84 Å². The lowest BCUT2D eigenvalue weighted by atomic mass is 10.1. The first-order chi connectivity index (χ1) is 10.5. The number of pyridine rings is 1. The second kappa shape index (κ2) is 9.41. The van der Waals surface area contributed by atoms with Crippen molar-refractivity contribution >= 4 is 39.8 Å². The molecule has 0 aromatic carbocycles. The van der Waals surface area contributed by atoms with Crippen LogP contribution < -0.4 is 10.6 Å². The van der Waals surface area contributed by atoms with Gasteiger partial charge in [0.25, 0.3) is 0 Å². The average molecular weight is 452 g/mol. The summed E-state index contributed by atoms with van der Waals surface area (Å²) in [5.74, 6) is 1.15. The van der Waals surface area contributed by atoms with Gasteiger partial charge in [0.1, 0.15) is 0 Å². The highest BCUT2D eigenvalue weighted by molar-refractivity contribution is 14.0. The third-order valence-corrected chi connectivity index (χ3v) is 5.47. The summed E-state index contributed by atoms with van der Waals surface area (Å²) in [5.41, 5.74) is 2.40. The molecule has 1 aromatic rings. The lowest BCUT2D eigenvalue weighted by Gasteiger charge is -2.15. The number of aryl methyl sites for hydroxylation is 1. The molecule has 0 spiro atoms. The summed E-state index contributed by atoms with van der Waals surface area (Å²) >= 11 is 0. The van der Waals surface area contributed by atoms with Gasteiger partial charge in [-0.1, -0.05) is 0 Å². The maximum absolute atomic E-state index is 11.5. The van der Waals surface area contributed by atoms with Crippen LogP contribution in [0.5, 0.6) is 0 Å². The van der Waals surface area contributed by atoms with E-state index in [1.807, 2.05) is 26.1 Å². The molecule has 1 atom stereocenters. The van der Waals surface area contributed by atoms with E-state index in [1.165, 1.54) is 5.56 Å². The van der Waals surface area contributed by atoms with Crippen molar-refractivity contribution in [1.82, 2.24) is 15.6 Å². The minimum Gasteiger partial charge on any atom is -0.357 e. The molecule has 1 aliphatic heterocycles. The minimum absolute atomic E-state index is 0. The highest BCUT2D eigenvalue weighted by Crippen LogP contribution is 2.11. The van der Waals surface area contributed by atoms with Gasteiger partial charge in [-0.25, -0.2) is 8.42 Å². The Morgan fingerprint density at radius 1 is 1.48 bits per heavy atom. The fourth-order valence-corrected chi connectivity index (χ4v) is 4.17. The van der Waals surface area contributed by atoms with Gasteiger partial charge in [0.15, 0.2) is 15.8 Å². The first-order valence-corrected chi connectivity index (χ1v) is 9.47. The van der Waals surface area contributed by atoms with Crippen LogP contribution in [-0.2, 0) is 16.3 Å². The Morgan fingerprint density at radius 2 is 2.26 bits per heavy atom. The summed E-state index contributed by atoms with van der Waals surface area (Å²) in [6.45, 7) is 5.44. The number of nitrogens with zero attached hydrogens (tertiary/aromatic N) is 2. The van der Waals surface area contributed by atoms with Crippen LogP contribution in [0.3, 0.4) is 0 Å². The maximum atomic E-state index is 11.5. The lowest BCUT2D eigenvalue weighted by Crippen LogP contribution is -2.44. The molecule has 0 saturated carbocycles. The number of halogens is 1. The SMILES string of the molecule is CCNC(=NCCc1ccncc1C)NC1CCS(=O)(=O)C1.I. The molecule has 1 aliphatic rings. The molecule has 8 heteroatoms. The molecule has 23 heavy (non-hydrogen) atoms. The molecule has 0 bridgehead atoms. The van der Waals surface area contributed by atoms with E-state index in [2.05, 4.69) is 20.6 Å². The van der Waals surface area contributed by atoms with Crippen molar-refractivity contribution in [3.05, 3.63) is 29.6 Å². The summed E-state index contributed by atoms with van der Waals surface area (Å²) in [5, 5.41) is 6.39. The van der Waals surface area contributed by atoms with Crippen LogP contribution in [0.1, 0.15) is 24.5 Å². The van der Waals surface area contributed by atoms with E-state index in [9.17, 15) is 8.42 Å². The van der Waals surface area contributed by atoms with E-state index in [1.54, 1.807) is 6.20 Å². The Kier molecular flexibility index (Phi) is 8.24. The third kappa shape index (κ3) is 6.62. The van der Waals surface area contributed by atoms with Crippen LogP contribution in [0.15, 0.2) is 23.5 Å². The smallest absolute Gasteiger partial charge is 0.191 e. The van der Waals surface area contributed by atoms with Crippen molar-refractivity contribution in [3.8, 4) is 0 Å². The van der Waals surface area contributed by atoms with Crippen LogP contribution in [0, 0.1) is 6.92 Å². The van der Waals surface area contributed by atoms with E-state index in [0.29, 0.717) is 18.9 Å². The van der Waals surface area contributed by atoms with Crippen LogP contribution in [0.4, 0.5) is 0 Å². The molecule has 0 amide bonds. The summed E-state index contributed by atoms with van der Waals surface area (Å²) in [6.07, 6.45) is 5.13. The molecular weight excluding hydrogens is 427 g/mol. The molecule has 2 rings (SSSR count). The van der Waals surface area contributed by atoms with Gasteiger partial charge in [-0.05, 0) is 43.9 Å². The molecule has 1 aromatic heterocycles. The van der Waals surface area contributed by atoms with Gasteiger partial charge in [0.2, 0.25) is 0 Å². The molecule has 6 nitrogen and oxygen atoms in total. The molecule has 2 N–H and O–H groups in total. The predicted octanol–water partition coefficient (Wildman–Crippen LogP) is 1.29. The van der Waals surface area contributed by atoms with E-state index in [-0.39, 0.29) is 41.5 Å². The van der Waals surface area contributed by atoms with Crippen molar-refractivity contribution in [1.29, 1.82) is 0 Å². The predicted molar refractivity (Wildman–Crippen MR) is 104 cm³/mol. The van der Waals surface area contributed by atoms with E-state index >= 15 is 0 Å². The summed E-state index contributed by atoms with van der Waals surface area (Å²) in [7, 11) is -2.88. The fraction of sp³-hybridized carbons (Fsp3) is 0.600. The van der Waals surface area contributed by atoms with Crippen molar-refractivity contribution in [3.63, 3.8) is 0 Å². The summed E-state index contributed by atoms with van der Waals surface area (Å²) in [6, 6.07) is 1.97. The normalized spacial score (nSPS) is 19.9. The van der Waals surface area contributed by atoms with E-state index in [0.717, 1.165) is 18.5 Å². The molecule has 1 unspecified atom stereocenters. The summed E-state index contributed by atoms with van der Waals surface area (Å²) < 4.78 is 23.0. The Morgan fingerprint density at radius 3 is 2.87 bits per heavy atom. The van der Waals surface area contributed by atoms with Crippen LogP contribution in [0.25, 0.3) is 0 Å². The number of guanidine groups is 1. The van der Waals surface area contributed by atoms with Gasteiger partial charge in [0.05, 0.1) is 11.5 Å². The number of aliphatic imine (C=N–C) groups is 1. The van der Waals surface area contributed by atoms with Crippen molar-refractivity contribution in [2.75, 3.05) is 24.6 Å². The fourth-order valence-electron chi connectivity index (χ4n) is 2.49. The average Bonchev–Trinajstić information content (AvgIpc) is 2.80. The topological polar surface area (TPSA) is 83.4 Å². The molecular formula is C15H25IN4O2S. The Labute approximate surface area is 155 Å². The first kappa shape index (κ1) is 20.1. The largest absolute Gasteiger partial charge is 0.357 e. The van der Waals surface area contributed by atoms with E-state index in [4.69, 9.17) is 0 Å². The van der Waals surface area contributed by atoms with Gasteiger partial charge in [-0.15, -0.1) is 24.0 Å². The van der Waals surface area contributed by atoms with Gasteiger partial charge < -0.3 is 10.6 Å². The number of hydrogen-bond donors (Lipinski definition) is 2. The van der Waals surface area contributed by atoms with Crippen LogP contribution in [-0.4, -0.2) is 50.0 Å². The zero-order valence-corrected chi connectivity index (χ0v) is 16.7.